The van der Waals surface area contributed by atoms with Gasteiger partial charge in [-0.05, 0) is 19.1 Å². The minimum Gasteiger partial charge on any atom is -0.493 e. The summed E-state index contributed by atoms with van der Waals surface area (Å²) in [6, 6.07) is 7.22. The highest BCUT2D eigenvalue weighted by Gasteiger charge is 2.18. The molecule has 0 saturated carbocycles. The lowest BCUT2D eigenvalue weighted by Gasteiger charge is -2.22. The van der Waals surface area contributed by atoms with Crippen LogP contribution in [-0.2, 0) is 0 Å². The van der Waals surface area contributed by atoms with Crippen molar-refractivity contribution in [3.63, 3.8) is 0 Å². The Bertz CT molecular complexity index is 463. The van der Waals surface area contributed by atoms with E-state index in [0.717, 1.165) is 0 Å². The van der Waals surface area contributed by atoms with Crippen LogP contribution < -0.4 is 10.5 Å². The van der Waals surface area contributed by atoms with Gasteiger partial charge < -0.3 is 15.4 Å². The lowest BCUT2D eigenvalue weighted by atomic mass is 10.1. The third kappa shape index (κ3) is 4.21. The molecule has 1 amide bonds. The fourth-order valence-electron chi connectivity index (χ4n) is 1.71. The van der Waals surface area contributed by atoms with Crippen molar-refractivity contribution in [3.8, 4) is 5.75 Å². The average molecular weight is 280 g/mol. The van der Waals surface area contributed by atoms with Crippen LogP contribution in [0.2, 0.25) is 0 Å². The van der Waals surface area contributed by atoms with E-state index in [1.54, 1.807) is 24.1 Å². The molecular formula is C14H20N2O2S. The van der Waals surface area contributed by atoms with E-state index in [2.05, 4.69) is 0 Å². The molecule has 0 spiro atoms. The molecule has 5 heteroatoms. The van der Waals surface area contributed by atoms with Crippen molar-refractivity contribution in [3.05, 3.63) is 29.8 Å². The quantitative estimate of drug-likeness (QED) is 0.811. The fraction of sp³-hybridized carbons (Fsp3) is 0.429. The van der Waals surface area contributed by atoms with Crippen molar-refractivity contribution < 1.29 is 9.53 Å². The lowest BCUT2D eigenvalue weighted by Crippen LogP contribution is -2.35. The molecule has 0 saturated heterocycles. The van der Waals surface area contributed by atoms with Gasteiger partial charge >= 0.3 is 0 Å². The molecule has 1 rings (SSSR count). The van der Waals surface area contributed by atoms with E-state index in [9.17, 15) is 4.79 Å². The van der Waals surface area contributed by atoms with Crippen LogP contribution in [-0.4, -0.2) is 36.0 Å². The van der Waals surface area contributed by atoms with Crippen LogP contribution in [0, 0.1) is 5.92 Å². The average Bonchev–Trinajstić information content (AvgIpc) is 2.38. The Balaban J connectivity index is 2.85. The zero-order valence-electron chi connectivity index (χ0n) is 11.6. The van der Waals surface area contributed by atoms with Crippen LogP contribution in [0.25, 0.3) is 0 Å². The van der Waals surface area contributed by atoms with Crippen molar-refractivity contribution in [2.75, 3.05) is 20.2 Å². The second-order valence-electron chi connectivity index (χ2n) is 4.42. The first-order chi connectivity index (χ1) is 8.97. The molecule has 0 heterocycles. The molecule has 1 aromatic carbocycles. The Hall–Kier alpha value is -1.62. The molecular weight excluding hydrogens is 260 g/mol. The number of carbonyl (C=O) groups is 1. The van der Waals surface area contributed by atoms with Gasteiger partial charge in [-0.3, -0.25) is 4.79 Å². The number of benzene rings is 1. The van der Waals surface area contributed by atoms with Gasteiger partial charge in [0.2, 0.25) is 0 Å². The first kappa shape index (κ1) is 15.4. The van der Waals surface area contributed by atoms with E-state index in [4.69, 9.17) is 22.7 Å². The van der Waals surface area contributed by atoms with Crippen molar-refractivity contribution in [1.82, 2.24) is 4.90 Å². The number of hydrogen-bond donors (Lipinski definition) is 1. The highest BCUT2D eigenvalue weighted by Crippen LogP contribution is 2.19. The maximum atomic E-state index is 12.4. The van der Waals surface area contributed by atoms with E-state index in [-0.39, 0.29) is 11.8 Å². The van der Waals surface area contributed by atoms with Gasteiger partial charge in [0, 0.05) is 19.5 Å². The summed E-state index contributed by atoms with van der Waals surface area (Å²) in [6.07, 6.45) is 0. The van der Waals surface area contributed by atoms with E-state index >= 15 is 0 Å². The third-order valence-electron chi connectivity index (χ3n) is 2.80. The second kappa shape index (κ2) is 7.09. The van der Waals surface area contributed by atoms with Crippen molar-refractivity contribution in [2.45, 2.75) is 13.8 Å². The summed E-state index contributed by atoms with van der Waals surface area (Å²) in [6.45, 7) is 4.81. The summed E-state index contributed by atoms with van der Waals surface area (Å²) in [4.78, 5) is 14.4. The summed E-state index contributed by atoms with van der Waals surface area (Å²) in [5, 5.41) is 0. The van der Waals surface area contributed by atoms with E-state index < -0.39 is 0 Å². The minimum absolute atomic E-state index is 0.0109. The zero-order valence-corrected chi connectivity index (χ0v) is 12.4. The van der Waals surface area contributed by atoms with Crippen LogP contribution in [0.4, 0.5) is 0 Å². The summed E-state index contributed by atoms with van der Waals surface area (Å²) >= 11 is 4.92. The molecule has 1 aromatic rings. The molecule has 1 unspecified atom stereocenters. The van der Waals surface area contributed by atoms with Gasteiger partial charge in [0.1, 0.15) is 5.75 Å². The van der Waals surface area contributed by atoms with Gasteiger partial charge in [-0.2, -0.15) is 0 Å². The highest BCUT2D eigenvalue weighted by atomic mass is 32.1. The summed E-state index contributed by atoms with van der Waals surface area (Å²) in [5.74, 6) is 0.500. The molecule has 104 valence electrons. The van der Waals surface area contributed by atoms with Crippen LogP contribution in [0.5, 0.6) is 5.75 Å². The van der Waals surface area contributed by atoms with E-state index in [0.29, 0.717) is 29.5 Å². The number of amides is 1. The number of ether oxygens (including phenoxy) is 1. The largest absolute Gasteiger partial charge is 0.493 e. The molecule has 0 aromatic heterocycles. The Morgan fingerprint density at radius 3 is 2.68 bits per heavy atom. The molecule has 1 atom stereocenters. The first-order valence-corrected chi connectivity index (χ1v) is 6.64. The maximum Gasteiger partial charge on any atom is 0.257 e. The summed E-state index contributed by atoms with van der Waals surface area (Å²) in [7, 11) is 1.74. The monoisotopic (exact) mass is 280 g/mol. The minimum atomic E-state index is -0.0906. The Morgan fingerprint density at radius 2 is 2.11 bits per heavy atom. The predicted octanol–water partition coefficient (Wildman–Crippen LogP) is 2.08. The molecule has 0 aliphatic rings. The van der Waals surface area contributed by atoms with E-state index in [1.165, 1.54) is 0 Å². The van der Waals surface area contributed by atoms with Crippen LogP contribution in [0.3, 0.4) is 0 Å². The topological polar surface area (TPSA) is 55.6 Å². The molecule has 0 aliphatic carbocycles. The van der Waals surface area contributed by atoms with Crippen LogP contribution in [0.1, 0.15) is 24.2 Å². The Labute approximate surface area is 119 Å². The smallest absolute Gasteiger partial charge is 0.257 e. The van der Waals surface area contributed by atoms with Crippen LogP contribution in [0.15, 0.2) is 24.3 Å². The van der Waals surface area contributed by atoms with Crippen molar-refractivity contribution in [2.24, 2.45) is 11.7 Å². The summed E-state index contributed by atoms with van der Waals surface area (Å²) < 4.78 is 5.46. The Morgan fingerprint density at radius 1 is 1.47 bits per heavy atom. The number of hydrogen-bond acceptors (Lipinski definition) is 3. The number of nitrogens with two attached hydrogens (primary N) is 1. The zero-order chi connectivity index (χ0) is 14.4. The van der Waals surface area contributed by atoms with Gasteiger partial charge in [0.15, 0.2) is 0 Å². The SMILES string of the molecule is CCOc1ccccc1C(=O)N(C)CC(C)C(N)=S. The number of carbonyl (C=O) groups excluding carboxylic acids is 1. The van der Waals surface area contributed by atoms with Crippen molar-refractivity contribution in [1.29, 1.82) is 0 Å². The predicted molar refractivity (Wildman–Crippen MR) is 80.5 cm³/mol. The molecule has 0 bridgehead atoms. The van der Waals surface area contributed by atoms with Gasteiger partial charge in [-0.1, -0.05) is 31.3 Å². The molecule has 0 aliphatic heterocycles. The molecule has 0 fully saturated rings. The second-order valence-corrected chi connectivity index (χ2v) is 4.89. The van der Waals surface area contributed by atoms with Gasteiger partial charge in [-0.25, -0.2) is 0 Å². The third-order valence-corrected chi connectivity index (χ3v) is 3.20. The number of nitrogens with zero attached hydrogens (tertiary/aromatic N) is 1. The fourth-order valence-corrected chi connectivity index (χ4v) is 1.79. The lowest BCUT2D eigenvalue weighted by molar-refractivity contribution is 0.0783. The molecule has 19 heavy (non-hydrogen) atoms. The van der Waals surface area contributed by atoms with E-state index in [1.807, 2.05) is 26.0 Å². The standard InChI is InChI=1S/C14H20N2O2S/c1-4-18-12-8-6-5-7-11(12)14(17)16(3)9-10(2)13(15)19/h5-8,10H,4,9H2,1-3H3,(H2,15,19). The molecule has 0 radical (unpaired) electrons. The van der Waals surface area contributed by atoms with Crippen molar-refractivity contribution >= 4 is 23.1 Å². The first-order valence-electron chi connectivity index (χ1n) is 6.24. The molecule has 4 nitrogen and oxygen atoms in total. The number of para-hydroxylation sites is 1. The maximum absolute atomic E-state index is 12.4. The van der Waals surface area contributed by atoms with Gasteiger partial charge in [0.05, 0.1) is 17.2 Å². The van der Waals surface area contributed by atoms with Crippen LogP contribution >= 0.6 is 12.2 Å². The number of rotatable bonds is 6. The summed E-state index contributed by atoms with van der Waals surface area (Å²) in [5.41, 5.74) is 6.13. The highest BCUT2D eigenvalue weighted by molar-refractivity contribution is 7.80. The van der Waals surface area contributed by atoms with Gasteiger partial charge in [0.25, 0.3) is 5.91 Å². The Kier molecular flexibility index (Phi) is 5.76. The molecule has 2 N–H and O–H groups in total. The normalized spacial score (nSPS) is 11.7. The van der Waals surface area contributed by atoms with Gasteiger partial charge in [-0.15, -0.1) is 0 Å². The number of thiocarbonyl (C=S) groups is 1.